The van der Waals surface area contributed by atoms with Gasteiger partial charge in [-0.05, 0) is 25.7 Å². The van der Waals surface area contributed by atoms with Crippen molar-refractivity contribution in [1.82, 2.24) is 10.0 Å². The molecule has 14 heavy (non-hydrogen) atoms. The van der Waals surface area contributed by atoms with Gasteiger partial charge in [-0.1, -0.05) is 12.8 Å². The van der Waals surface area contributed by atoms with Crippen molar-refractivity contribution in [2.45, 2.75) is 38.5 Å². The number of hydrogen-bond donors (Lipinski definition) is 2. The van der Waals surface area contributed by atoms with Gasteiger partial charge in [-0.2, -0.15) is 0 Å². The van der Waals surface area contributed by atoms with E-state index in [0.717, 1.165) is 26.2 Å². The molecule has 0 unspecified atom stereocenters. The van der Waals surface area contributed by atoms with E-state index < -0.39 is 0 Å². The van der Waals surface area contributed by atoms with Crippen LogP contribution in [0.5, 0.6) is 0 Å². The minimum absolute atomic E-state index is 1.10. The van der Waals surface area contributed by atoms with Gasteiger partial charge in [0, 0.05) is 26.2 Å². The van der Waals surface area contributed by atoms with Crippen LogP contribution in [0, 0.1) is 0 Å². The minimum atomic E-state index is 1.10. The van der Waals surface area contributed by atoms with Crippen molar-refractivity contribution in [2.75, 3.05) is 26.2 Å². The molecule has 2 aliphatic heterocycles. The molecule has 2 heterocycles. The van der Waals surface area contributed by atoms with Crippen LogP contribution in [0.1, 0.15) is 38.5 Å². The Morgan fingerprint density at radius 3 is 0.929 bits per heavy atom. The van der Waals surface area contributed by atoms with E-state index in [0.29, 0.717) is 0 Å². The summed E-state index contributed by atoms with van der Waals surface area (Å²) in [4.78, 5) is 0. The van der Waals surface area contributed by atoms with Gasteiger partial charge in [-0.15, -0.1) is 0 Å². The van der Waals surface area contributed by atoms with E-state index in [2.05, 4.69) is 0 Å². The lowest BCUT2D eigenvalue weighted by molar-refractivity contribution is 0.235. The smallest absolute Gasteiger partial charge is 0.0128 e. The normalized spacial score (nSPS) is 25.3. The Kier molecular flexibility index (Phi) is 6.10. The number of nitrogens with two attached hydrogens (primary N) is 2. The number of nitrogens with zero attached hydrogens (tertiary/aromatic N) is 2. The van der Waals surface area contributed by atoms with Crippen LogP contribution in [-0.4, -0.2) is 36.2 Å². The average molecular weight is 200 g/mol. The standard InChI is InChI=1S/2C5H12N2/c2*6-7-4-2-1-3-5-7/h2*1-6H2. The third-order valence-electron chi connectivity index (χ3n) is 2.78. The molecular formula is C10H24N4. The fraction of sp³-hybridized carbons (Fsp3) is 1.00. The highest BCUT2D eigenvalue weighted by Gasteiger charge is 2.03. The maximum atomic E-state index is 5.47. The Labute approximate surface area is 87.2 Å². The molecule has 2 saturated heterocycles. The van der Waals surface area contributed by atoms with Gasteiger partial charge in [0.2, 0.25) is 0 Å². The molecule has 2 aliphatic rings. The second-order valence-corrected chi connectivity index (χ2v) is 4.19. The molecule has 0 radical (unpaired) electrons. The van der Waals surface area contributed by atoms with Gasteiger partial charge < -0.3 is 0 Å². The zero-order valence-corrected chi connectivity index (χ0v) is 9.12. The lowest BCUT2D eigenvalue weighted by Gasteiger charge is -2.20. The van der Waals surface area contributed by atoms with Crippen LogP contribution in [-0.2, 0) is 0 Å². The Morgan fingerprint density at radius 2 is 0.786 bits per heavy atom. The fourth-order valence-electron chi connectivity index (χ4n) is 1.84. The predicted octanol–water partition coefficient (Wildman–Crippen LogP) is 0.692. The van der Waals surface area contributed by atoms with Gasteiger partial charge in [0.05, 0.1) is 0 Å². The van der Waals surface area contributed by atoms with Crippen LogP contribution in [0.25, 0.3) is 0 Å². The highest BCUT2D eigenvalue weighted by atomic mass is 15.4. The average Bonchev–Trinajstić information content (AvgIpc) is 2.21. The van der Waals surface area contributed by atoms with Gasteiger partial charge in [0.15, 0.2) is 0 Å². The number of piperidine rings is 2. The summed E-state index contributed by atoms with van der Waals surface area (Å²) in [5, 5.41) is 3.78. The zero-order valence-electron chi connectivity index (χ0n) is 9.12. The quantitative estimate of drug-likeness (QED) is 0.565. The van der Waals surface area contributed by atoms with E-state index in [1.54, 1.807) is 0 Å². The van der Waals surface area contributed by atoms with Gasteiger partial charge in [-0.25, -0.2) is 10.0 Å². The Bertz CT molecular complexity index is 112. The van der Waals surface area contributed by atoms with E-state index in [1.165, 1.54) is 38.5 Å². The third-order valence-corrected chi connectivity index (χ3v) is 2.78. The molecule has 0 bridgehead atoms. The third kappa shape index (κ3) is 5.54. The number of hydrazine groups is 2. The summed E-state index contributed by atoms with van der Waals surface area (Å²) in [5.74, 6) is 10.9. The first-order chi connectivity index (χ1) is 6.79. The molecule has 0 atom stereocenters. The Balaban J connectivity index is 0.000000140. The Morgan fingerprint density at radius 1 is 0.500 bits per heavy atom. The van der Waals surface area contributed by atoms with Crippen molar-refractivity contribution in [3.63, 3.8) is 0 Å². The fourth-order valence-corrected chi connectivity index (χ4v) is 1.84. The Hall–Kier alpha value is -0.160. The molecule has 84 valence electrons. The maximum absolute atomic E-state index is 5.47. The maximum Gasteiger partial charge on any atom is 0.0128 e. The molecule has 0 aliphatic carbocycles. The van der Waals surface area contributed by atoms with Gasteiger partial charge in [-0.3, -0.25) is 11.7 Å². The molecule has 0 aromatic heterocycles. The van der Waals surface area contributed by atoms with Crippen LogP contribution in [0.2, 0.25) is 0 Å². The molecule has 4 N–H and O–H groups in total. The van der Waals surface area contributed by atoms with Crippen LogP contribution >= 0.6 is 0 Å². The second kappa shape index (κ2) is 7.17. The summed E-state index contributed by atoms with van der Waals surface area (Å²) in [6.45, 7) is 4.39. The summed E-state index contributed by atoms with van der Waals surface area (Å²) in [6.07, 6.45) is 7.89. The van der Waals surface area contributed by atoms with Gasteiger partial charge in [0.1, 0.15) is 0 Å². The lowest BCUT2D eigenvalue weighted by atomic mass is 10.2. The van der Waals surface area contributed by atoms with Crippen LogP contribution in [0.15, 0.2) is 0 Å². The van der Waals surface area contributed by atoms with Crippen LogP contribution < -0.4 is 11.7 Å². The first kappa shape index (κ1) is 11.9. The van der Waals surface area contributed by atoms with Gasteiger partial charge >= 0.3 is 0 Å². The van der Waals surface area contributed by atoms with Crippen LogP contribution in [0.3, 0.4) is 0 Å². The van der Waals surface area contributed by atoms with E-state index in [1.807, 2.05) is 10.0 Å². The summed E-state index contributed by atoms with van der Waals surface area (Å²) in [5.41, 5.74) is 0. The van der Waals surface area contributed by atoms with Crippen molar-refractivity contribution in [2.24, 2.45) is 11.7 Å². The van der Waals surface area contributed by atoms with Crippen molar-refractivity contribution >= 4 is 0 Å². The number of rotatable bonds is 0. The summed E-state index contributed by atoms with van der Waals surface area (Å²) >= 11 is 0. The zero-order chi connectivity index (χ0) is 10.2. The summed E-state index contributed by atoms with van der Waals surface area (Å²) in [7, 11) is 0. The SMILES string of the molecule is NN1CCCCC1.NN1CCCCC1. The van der Waals surface area contributed by atoms with E-state index >= 15 is 0 Å². The van der Waals surface area contributed by atoms with Crippen LogP contribution in [0.4, 0.5) is 0 Å². The molecule has 4 heteroatoms. The molecule has 0 amide bonds. The van der Waals surface area contributed by atoms with E-state index in [4.69, 9.17) is 11.7 Å². The van der Waals surface area contributed by atoms with Gasteiger partial charge in [0.25, 0.3) is 0 Å². The highest BCUT2D eigenvalue weighted by Crippen LogP contribution is 2.03. The van der Waals surface area contributed by atoms with E-state index in [9.17, 15) is 0 Å². The lowest BCUT2D eigenvalue weighted by Crippen LogP contribution is -2.35. The first-order valence-electron chi connectivity index (χ1n) is 5.78. The summed E-state index contributed by atoms with van der Waals surface area (Å²) < 4.78 is 0. The molecule has 0 saturated carbocycles. The van der Waals surface area contributed by atoms with Crippen molar-refractivity contribution in [3.8, 4) is 0 Å². The minimum Gasteiger partial charge on any atom is -0.269 e. The van der Waals surface area contributed by atoms with Crippen molar-refractivity contribution < 1.29 is 0 Å². The highest BCUT2D eigenvalue weighted by molar-refractivity contribution is 4.57. The second-order valence-electron chi connectivity index (χ2n) is 4.19. The molecule has 0 aromatic rings. The topological polar surface area (TPSA) is 58.5 Å². The van der Waals surface area contributed by atoms with Crippen molar-refractivity contribution in [1.29, 1.82) is 0 Å². The van der Waals surface area contributed by atoms with E-state index in [-0.39, 0.29) is 0 Å². The van der Waals surface area contributed by atoms with Crippen molar-refractivity contribution in [3.05, 3.63) is 0 Å². The number of hydrogen-bond acceptors (Lipinski definition) is 4. The predicted molar refractivity (Wildman–Crippen MR) is 59.2 cm³/mol. The first-order valence-corrected chi connectivity index (χ1v) is 5.78. The largest absolute Gasteiger partial charge is 0.269 e. The summed E-state index contributed by atoms with van der Waals surface area (Å²) in [6, 6.07) is 0. The molecule has 0 spiro atoms. The monoisotopic (exact) mass is 200 g/mol. The molecule has 2 rings (SSSR count). The molecule has 4 nitrogen and oxygen atoms in total. The molecule has 0 aromatic carbocycles. The molecular weight excluding hydrogens is 176 g/mol. The molecule has 2 fully saturated rings.